The molecule has 10 amide bonds. The number of carbonyl (C=O) groups is 10. The number of nitrogens with zero attached hydrogens (tertiary/aromatic N) is 2. The number of hydrogen-bond acceptors (Lipinski definition) is 12. The molecular weight excluding hydrogens is 947 g/mol. The van der Waals surface area contributed by atoms with Crippen molar-refractivity contribution in [1.82, 2.24) is 52.8 Å². The number of aliphatic hydroxyl groups excluding tert-OH is 1. The lowest BCUT2D eigenvalue weighted by molar-refractivity contribution is -0.142. The number of aliphatic imine (C=N–C) groups is 1. The standard InChI is InChI=1S/C49H89N13O11/c1-12-16-20-33(55-31(11)64)41(66)54-26-37(65)59-38(28(7)8)45(70)58-35(25-27(5)6)43(68)61-40(30(10)63)47(72)56-32(19-13-2)42(67)60-39(29(9)14-3)46(71)57-34(21-17-23-53-49(50)51)48(73)62-24-18-22-36(62)44(69)52-15-4/h27-30,32-36,38-40,63H,12-26H2,1-11H3,(H,52,69)(H,54,66)(H,55,64)(H,56,72)(H,57,71)(H,58,70)(H,59,65)(H,60,67)(H,61,68)(H4,50,51,53)/t29-,30+,32-,33-,34-,35+,36-,38-,39-,40-/m0/s1. The smallest absolute Gasteiger partial charge is 0.245 e. The Hall–Kier alpha value is -6.07. The highest BCUT2D eigenvalue weighted by Crippen LogP contribution is 2.21. The molecule has 24 heteroatoms. The molecule has 1 rings (SSSR count). The fourth-order valence-electron chi connectivity index (χ4n) is 8.19. The highest BCUT2D eigenvalue weighted by atomic mass is 16.3. The van der Waals surface area contributed by atoms with Gasteiger partial charge in [-0.15, -0.1) is 0 Å². The van der Waals surface area contributed by atoms with Crippen LogP contribution in [0.15, 0.2) is 4.99 Å². The van der Waals surface area contributed by atoms with E-state index in [4.69, 9.17) is 11.5 Å². The van der Waals surface area contributed by atoms with E-state index in [0.29, 0.717) is 58.0 Å². The van der Waals surface area contributed by atoms with Gasteiger partial charge in [0.25, 0.3) is 0 Å². The summed E-state index contributed by atoms with van der Waals surface area (Å²) < 4.78 is 0. The lowest BCUT2D eigenvalue weighted by Crippen LogP contribution is -2.62. The van der Waals surface area contributed by atoms with Crippen molar-refractivity contribution in [2.24, 2.45) is 34.2 Å². The van der Waals surface area contributed by atoms with Crippen LogP contribution in [-0.4, -0.2) is 156 Å². The fraction of sp³-hybridized carbons (Fsp3) is 0.776. The number of hydrogen-bond donors (Lipinski definition) is 12. The van der Waals surface area contributed by atoms with Crippen LogP contribution in [0.5, 0.6) is 0 Å². The van der Waals surface area contributed by atoms with E-state index < -0.39 is 126 Å². The molecule has 10 atom stereocenters. The first-order valence-corrected chi connectivity index (χ1v) is 26.0. The van der Waals surface area contributed by atoms with Gasteiger partial charge in [-0.3, -0.25) is 52.9 Å². The number of likely N-dealkylation sites (tertiary alicyclic amines) is 1. The third-order valence-corrected chi connectivity index (χ3v) is 12.4. The van der Waals surface area contributed by atoms with Gasteiger partial charge >= 0.3 is 0 Å². The van der Waals surface area contributed by atoms with Gasteiger partial charge in [-0.05, 0) is 76.5 Å². The summed E-state index contributed by atoms with van der Waals surface area (Å²) in [7, 11) is 0. The second-order valence-corrected chi connectivity index (χ2v) is 19.6. The van der Waals surface area contributed by atoms with Crippen LogP contribution < -0.4 is 59.3 Å². The SMILES string of the molecule is CCCC[C@H](NC(C)=O)C(=O)NCC(=O)N[C@H](C(=O)N[C@H](CC(C)C)C(=O)N[C@H](C(=O)N[C@@H](CCC)C(=O)N[C@H](C(=O)N[C@@H](CCCN=C(N)N)C(=O)N1CCC[C@H]1C(=O)NCC)[C@@H](C)CC)[C@@H](C)O)C(C)C. The van der Waals surface area contributed by atoms with E-state index >= 15 is 0 Å². The average Bonchev–Trinajstić information content (AvgIpc) is 3.82. The van der Waals surface area contributed by atoms with E-state index in [9.17, 15) is 53.1 Å². The highest BCUT2D eigenvalue weighted by molar-refractivity contribution is 5.98. The third-order valence-electron chi connectivity index (χ3n) is 12.4. The summed E-state index contributed by atoms with van der Waals surface area (Å²) in [6.07, 6.45) is 2.73. The molecular formula is C49H89N13O11. The Bertz CT molecular complexity index is 1880. The van der Waals surface area contributed by atoms with Crippen LogP contribution in [0.25, 0.3) is 0 Å². The first kappa shape index (κ1) is 64.9. The van der Waals surface area contributed by atoms with Gasteiger partial charge in [0.1, 0.15) is 48.3 Å². The summed E-state index contributed by atoms with van der Waals surface area (Å²) >= 11 is 0. The molecule has 1 aliphatic rings. The van der Waals surface area contributed by atoms with E-state index in [2.05, 4.69) is 52.8 Å². The molecule has 0 aromatic rings. The molecule has 73 heavy (non-hydrogen) atoms. The molecule has 416 valence electrons. The summed E-state index contributed by atoms with van der Waals surface area (Å²) in [6, 6.07) is -9.16. The van der Waals surface area contributed by atoms with Crippen LogP contribution in [0.2, 0.25) is 0 Å². The van der Waals surface area contributed by atoms with Crippen molar-refractivity contribution in [3.63, 3.8) is 0 Å². The summed E-state index contributed by atoms with van der Waals surface area (Å²) in [4.78, 5) is 140. The molecule has 1 fully saturated rings. The monoisotopic (exact) mass is 1040 g/mol. The molecule has 0 aliphatic carbocycles. The number of guanidine groups is 1. The van der Waals surface area contributed by atoms with E-state index in [0.717, 1.165) is 6.42 Å². The summed E-state index contributed by atoms with van der Waals surface area (Å²) in [5.41, 5.74) is 11.0. The van der Waals surface area contributed by atoms with E-state index in [-0.39, 0.29) is 43.6 Å². The largest absolute Gasteiger partial charge is 0.391 e. The number of rotatable bonds is 33. The minimum atomic E-state index is -1.62. The number of likely N-dealkylation sites (N-methyl/N-ethyl adjacent to an activating group) is 1. The van der Waals surface area contributed by atoms with Crippen molar-refractivity contribution < 1.29 is 53.1 Å². The predicted octanol–water partition coefficient (Wildman–Crippen LogP) is -1.18. The zero-order valence-corrected chi connectivity index (χ0v) is 45.1. The van der Waals surface area contributed by atoms with Gasteiger partial charge in [0.2, 0.25) is 59.1 Å². The maximum atomic E-state index is 14.2. The Labute approximate surface area is 431 Å². The van der Waals surface area contributed by atoms with Gasteiger partial charge in [0.05, 0.1) is 12.6 Å². The van der Waals surface area contributed by atoms with Crippen molar-refractivity contribution in [2.75, 3.05) is 26.2 Å². The van der Waals surface area contributed by atoms with E-state index in [1.807, 2.05) is 13.8 Å². The van der Waals surface area contributed by atoms with Crippen molar-refractivity contribution >= 4 is 65.0 Å². The summed E-state index contributed by atoms with van der Waals surface area (Å²) in [6.45, 7) is 18.9. The molecule has 0 saturated carbocycles. The average molecular weight is 1040 g/mol. The number of amides is 10. The molecule has 1 aliphatic heterocycles. The van der Waals surface area contributed by atoms with Crippen molar-refractivity contribution in [3.05, 3.63) is 0 Å². The minimum Gasteiger partial charge on any atom is -0.391 e. The normalized spacial score (nSPS) is 17.0. The summed E-state index contributed by atoms with van der Waals surface area (Å²) in [5.74, 6) is -7.62. The van der Waals surface area contributed by atoms with Crippen LogP contribution in [0.3, 0.4) is 0 Å². The molecule has 24 nitrogen and oxygen atoms in total. The van der Waals surface area contributed by atoms with Crippen LogP contribution in [-0.2, 0) is 47.9 Å². The molecule has 0 aromatic carbocycles. The molecule has 0 radical (unpaired) electrons. The maximum Gasteiger partial charge on any atom is 0.245 e. The zero-order chi connectivity index (χ0) is 55.5. The van der Waals surface area contributed by atoms with Gasteiger partial charge in [-0.2, -0.15) is 0 Å². The van der Waals surface area contributed by atoms with Crippen molar-refractivity contribution in [3.8, 4) is 0 Å². The maximum absolute atomic E-state index is 14.2. The van der Waals surface area contributed by atoms with Crippen molar-refractivity contribution in [2.45, 2.75) is 201 Å². The molecule has 14 N–H and O–H groups in total. The number of carbonyl (C=O) groups excluding carboxylic acids is 10. The zero-order valence-electron chi connectivity index (χ0n) is 45.1. The number of unbranched alkanes of at least 4 members (excludes halogenated alkanes) is 1. The second-order valence-electron chi connectivity index (χ2n) is 19.6. The van der Waals surface area contributed by atoms with Crippen LogP contribution in [0, 0.1) is 17.8 Å². The molecule has 0 bridgehead atoms. The lowest BCUT2D eigenvalue weighted by Gasteiger charge is -2.31. The Morgan fingerprint density at radius 2 is 1.19 bits per heavy atom. The molecule has 1 heterocycles. The first-order valence-electron chi connectivity index (χ1n) is 26.0. The number of nitrogens with two attached hydrogens (primary N) is 2. The van der Waals surface area contributed by atoms with Crippen LogP contribution >= 0.6 is 0 Å². The van der Waals surface area contributed by atoms with E-state index in [1.165, 1.54) is 18.7 Å². The van der Waals surface area contributed by atoms with E-state index in [1.54, 1.807) is 48.5 Å². The van der Waals surface area contributed by atoms with Crippen LogP contribution in [0.1, 0.15) is 147 Å². The predicted molar refractivity (Wildman–Crippen MR) is 275 cm³/mol. The number of aliphatic hydroxyl groups is 1. The fourth-order valence-corrected chi connectivity index (χ4v) is 8.19. The number of nitrogens with one attached hydrogen (secondary N) is 9. The Morgan fingerprint density at radius 3 is 1.74 bits per heavy atom. The van der Waals surface area contributed by atoms with Gasteiger partial charge in [0, 0.05) is 26.6 Å². The molecule has 0 aromatic heterocycles. The first-order chi connectivity index (χ1) is 34.3. The Balaban J connectivity index is 3.30. The molecule has 0 spiro atoms. The minimum absolute atomic E-state index is 0.0816. The van der Waals surface area contributed by atoms with Crippen LogP contribution in [0.4, 0.5) is 0 Å². The summed E-state index contributed by atoms with van der Waals surface area (Å²) in [5, 5.41) is 34.7. The van der Waals surface area contributed by atoms with Crippen molar-refractivity contribution in [1.29, 1.82) is 0 Å². The Morgan fingerprint density at radius 1 is 0.630 bits per heavy atom. The molecule has 0 unspecified atom stereocenters. The van der Waals surface area contributed by atoms with Gasteiger partial charge in [0.15, 0.2) is 5.96 Å². The lowest BCUT2D eigenvalue weighted by atomic mass is 9.96. The third kappa shape index (κ3) is 23.1. The highest BCUT2D eigenvalue weighted by Gasteiger charge is 2.40. The van der Waals surface area contributed by atoms with Gasteiger partial charge in [-0.25, -0.2) is 0 Å². The van der Waals surface area contributed by atoms with Gasteiger partial charge < -0.3 is 69.3 Å². The molecule has 1 saturated heterocycles. The topological polar surface area (TPSA) is 367 Å². The quantitative estimate of drug-likeness (QED) is 0.0210. The Kier molecular flexibility index (Phi) is 29.9. The second kappa shape index (κ2) is 33.6. The van der Waals surface area contributed by atoms with Gasteiger partial charge in [-0.1, -0.05) is 81.1 Å².